The van der Waals surface area contributed by atoms with Crippen LogP contribution in [0.15, 0.2) is 28.8 Å². The third kappa shape index (κ3) is 3.89. The van der Waals surface area contributed by atoms with Crippen LogP contribution in [0.5, 0.6) is 0 Å². The normalized spacial score (nSPS) is 10.5. The Bertz CT molecular complexity index is 563. The van der Waals surface area contributed by atoms with Gasteiger partial charge in [-0.05, 0) is 37.6 Å². The Balaban J connectivity index is 1.82. The molecule has 1 amide bonds. The molecule has 0 unspecified atom stereocenters. The lowest BCUT2D eigenvalue weighted by atomic mass is 10.1. The highest BCUT2D eigenvalue weighted by molar-refractivity contribution is 5.94. The van der Waals surface area contributed by atoms with E-state index in [1.54, 1.807) is 19.1 Å². The van der Waals surface area contributed by atoms with Crippen LogP contribution >= 0.6 is 0 Å². The predicted molar refractivity (Wildman–Crippen MR) is 74.3 cm³/mol. The SMILES string of the molecule is Cc1noc(CCNC(=O)c2ccc(CCN)cc2)n1. The van der Waals surface area contributed by atoms with E-state index in [9.17, 15) is 4.79 Å². The van der Waals surface area contributed by atoms with Gasteiger partial charge in [0.25, 0.3) is 5.91 Å². The summed E-state index contributed by atoms with van der Waals surface area (Å²) in [5, 5.41) is 6.51. The van der Waals surface area contributed by atoms with Crippen LogP contribution in [0, 0.1) is 6.92 Å². The molecule has 1 aromatic carbocycles. The van der Waals surface area contributed by atoms with E-state index < -0.39 is 0 Å². The van der Waals surface area contributed by atoms with Crippen LogP contribution in [0.25, 0.3) is 0 Å². The number of amides is 1. The smallest absolute Gasteiger partial charge is 0.251 e. The number of aryl methyl sites for hydroxylation is 1. The number of nitrogens with one attached hydrogen (secondary N) is 1. The summed E-state index contributed by atoms with van der Waals surface area (Å²) >= 11 is 0. The molecule has 0 aliphatic heterocycles. The Hall–Kier alpha value is -2.21. The summed E-state index contributed by atoms with van der Waals surface area (Å²) in [6, 6.07) is 7.45. The third-order valence-corrected chi connectivity index (χ3v) is 2.84. The minimum absolute atomic E-state index is 0.111. The summed E-state index contributed by atoms with van der Waals surface area (Å²) in [6.45, 7) is 2.83. The quantitative estimate of drug-likeness (QED) is 0.814. The molecule has 0 bridgehead atoms. The second-order valence-electron chi connectivity index (χ2n) is 4.48. The van der Waals surface area contributed by atoms with Gasteiger partial charge in [-0.15, -0.1) is 0 Å². The first kappa shape index (κ1) is 14.2. The molecule has 20 heavy (non-hydrogen) atoms. The van der Waals surface area contributed by atoms with Crippen molar-refractivity contribution in [2.75, 3.05) is 13.1 Å². The Labute approximate surface area is 117 Å². The molecule has 0 aliphatic rings. The first-order valence-corrected chi connectivity index (χ1v) is 6.55. The van der Waals surface area contributed by atoms with Gasteiger partial charge >= 0.3 is 0 Å². The number of carbonyl (C=O) groups excluding carboxylic acids is 1. The average molecular weight is 274 g/mol. The summed E-state index contributed by atoms with van der Waals surface area (Å²) in [5.74, 6) is 1.02. The van der Waals surface area contributed by atoms with Gasteiger partial charge in [0.1, 0.15) is 0 Å². The molecule has 3 N–H and O–H groups in total. The number of nitrogens with zero attached hydrogens (tertiary/aromatic N) is 2. The van der Waals surface area contributed by atoms with Gasteiger partial charge in [-0.1, -0.05) is 17.3 Å². The van der Waals surface area contributed by atoms with E-state index in [0.717, 1.165) is 12.0 Å². The molecule has 0 saturated carbocycles. The Morgan fingerprint density at radius 2 is 2.05 bits per heavy atom. The van der Waals surface area contributed by atoms with E-state index in [1.807, 2.05) is 12.1 Å². The molecule has 106 valence electrons. The number of hydrogen-bond acceptors (Lipinski definition) is 5. The zero-order chi connectivity index (χ0) is 14.4. The van der Waals surface area contributed by atoms with Crippen molar-refractivity contribution in [2.24, 2.45) is 5.73 Å². The minimum Gasteiger partial charge on any atom is -0.352 e. The number of aromatic nitrogens is 2. The van der Waals surface area contributed by atoms with Crippen LogP contribution in [0.4, 0.5) is 0 Å². The fraction of sp³-hybridized carbons (Fsp3) is 0.357. The highest BCUT2D eigenvalue weighted by Crippen LogP contribution is 2.05. The zero-order valence-corrected chi connectivity index (χ0v) is 11.4. The number of carbonyl (C=O) groups is 1. The first-order valence-electron chi connectivity index (χ1n) is 6.55. The molecule has 0 spiro atoms. The Kier molecular flexibility index (Phi) is 4.84. The van der Waals surface area contributed by atoms with Gasteiger partial charge in [0.05, 0.1) is 0 Å². The summed E-state index contributed by atoms with van der Waals surface area (Å²) in [6.07, 6.45) is 1.34. The van der Waals surface area contributed by atoms with Crippen molar-refractivity contribution >= 4 is 5.91 Å². The van der Waals surface area contributed by atoms with Crippen molar-refractivity contribution in [2.45, 2.75) is 19.8 Å². The average Bonchev–Trinajstić information content (AvgIpc) is 2.85. The van der Waals surface area contributed by atoms with Gasteiger partial charge < -0.3 is 15.6 Å². The van der Waals surface area contributed by atoms with Gasteiger partial charge in [-0.3, -0.25) is 4.79 Å². The molecule has 2 rings (SSSR count). The number of rotatable bonds is 6. The first-order chi connectivity index (χ1) is 9.69. The van der Waals surface area contributed by atoms with Gasteiger partial charge in [0.2, 0.25) is 5.89 Å². The van der Waals surface area contributed by atoms with Crippen LogP contribution in [0.3, 0.4) is 0 Å². The third-order valence-electron chi connectivity index (χ3n) is 2.84. The molecule has 0 radical (unpaired) electrons. The molecule has 0 fully saturated rings. The largest absolute Gasteiger partial charge is 0.352 e. The standard InChI is InChI=1S/C14H18N4O2/c1-10-17-13(20-18-10)7-9-16-14(19)12-4-2-11(3-5-12)6-8-15/h2-5H,6-9,15H2,1H3,(H,16,19). The van der Waals surface area contributed by atoms with Gasteiger partial charge in [0.15, 0.2) is 5.82 Å². The maximum atomic E-state index is 11.9. The monoisotopic (exact) mass is 274 g/mol. The minimum atomic E-state index is -0.111. The summed E-state index contributed by atoms with van der Waals surface area (Å²) in [5.41, 5.74) is 7.24. The highest BCUT2D eigenvalue weighted by Gasteiger charge is 2.07. The maximum absolute atomic E-state index is 11.9. The topological polar surface area (TPSA) is 94.0 Å². The van der Waals surface area contributed by atoms with Crippen LogP contribution in [-0.4, -0.2) is 29.1 Å². The van der Waals surface area contributed by atoms with Crippen LogP contribution in [0.1, 0.15) is 27.6 Å². The van der Waals surface area contributed by atoms with Crippen LogP contribution in [-0.2, 0) is 12.8 Å². The molecule has 6 heteroatoms. The van der Waals surface area contributed by atoms with E-state index in [1.165, 1.54) is 0 Å². The molecule has 2 aromatic rings. The molecule has 0 aliphatic carbocycles. The summed E-state index contributed by atoms with van der Waals surface area (Å²) < 4.78 is 4.97. The summed E-state index contributed by atoms with van der Waals surface area (Å²) in [4.78, 5) is 16.0. The number of nitrogens with two attached hydrogens (primary N) is 1. The van der Waals surface area contributed by atoms with Crippen molar-refractivity contribution in [3.8, 4) is 0 Å². The van der Waals surface area contributed by atoms with Crippen molar-refractivity contribution in [1.29, 1.82) is 0 Å². The van der Waals surface area contributed by atoms with Gasteiger partial charge in [0, 0.05) is 18.5 Å². The molecular formula is C14H18N4O2. The Morgan fingerprint density at radius 3 is 2.65 bits per heavy atom. The van der Waals surface area contributed by atoms with Crippen molar-refractivity contribution in [3.63, 3.8) is 0 Å². The highest BCUT2D eigenvalue weighted by atomic mass is 16.5. The Morgan fingerprint density at radius 1 is 1.30 bits per heavy atom. The van der Waals surface area contributed by atoms with E-state index in [4.69, 9.17) is 10.3 Å². The van der Waals surface area contributed by atoms with E-state index in [2.05, 4.69) is 15.5 Å². The van der Waals surface area contributed by atoms with Gasteiger partial charge in [-0.2, -0.15) is 4.98 Å². The van der Waals surface area contributed by atoms with Crippen LogP contribution < -0.4 is 11.1 Å². The molecule has 0 saturated heterocycles. The van der Waals surface area contributed by atoms with E-state index in [0.29, 0.717) is 36.8 Å². The summed E-state index contributed by atoms with van der Waals surface area (Å²) in [7, 11) is 0. The van der Waals surface area contributed by atoms with Gasteiger partial charge in [-0.25, -0.2) is 0 Å². The predicted octanol–water partition coefficient (Wildman–Crippen LogP) is 0.852. The van der Waals surface area contributed by atoms with Crippen molar-refractivity contribution < 1.29 is 9.32 Å². The molecule has 1 heterocycles. The van der Waals surface area contributed by atoms with Crippen LogP contribution in [0.2, 0.25) is 0 Å². The fourth-order valence-corrected chi connectivity index (χ4v) is 1.82. The number of benzene rings is 1. The lowest BCUT2D eigenvalue weighted by Crippen LogP contribution is -2.25. The number of hydrogen-bond donors (Lipinski definition) is 2. The van der Waals surface area contributed by atoms with Crippen molar-refractivity contribution in [1.82, 2.24) is 15.5 Å². The second-order valence-corrected chi connectivity index (χ2v) is 4.48. The fourth-order valence-electron chi connectivity index (χ4n) is 1.82. The van der Waals surface area contributed by atoms with E-state index >= 15 is 0 Å². The maximum Gasteiger partial charge on any atom is 0.251 e. The molecular weight excluding hydrogens is 256 g/mol. The van der Waals surface area contributed by atoms with E-state index in [-0.39, 0.29) is 5.91 Å². The zero-order valence-electron chi connectivity index (χ0n) is 11.4. The van der Waals surface area contributed by atoms with Crippen molar-refractivity contribution in [3.05, 3.63) is 47.1 Å². The second kappa shape index (κ2) is 6.81. The molecule has 0 atom stereocenters. The lowest BCUT2D eigenvalue weighted by molar-refractivity contribution is 0.0953. The lowest BCUT2D eigenvalue weighted by Gasteiger charge is -2.04. The molecule has 6 nitrogen and oxygen atoms in total. The molecule has 1 aromatic heterocycles.